The van der Waals surface area contributed by atoms with Gasteiger partial charge in [0.15, 0.2) is 11.6 Å². The molecule has 4 rings (SSSR count). The molecule has 1 saturated heterocycles. The van der Waals surface area contributed by atoms with Gasteiger partial charge in [-0.3, -0.25) is 0 Å². The molecule has 2 aromatic rings. The van der Waals surface area contributed by atoms with E-state index in [4.69, 9.17) is 24.1 Å². The Balaban J connectivity index is 1.34. The first-order valence-electron chi connectivity index (χ1n) is 10.7. The van der Waals surface area contributed by atoms with Crippen molar-refractivity contribution in [2.75, 3.05) is 26.3 Å². The molecule has 172 valence electrons. The summed E-state index contributed by atoms with van der Waals surface area (Å²) >= 11 is 0. The molecule has 9 nitrogen and oxygen atoms in total. The van der Waals surface area contributed by atoms with Crippen LogP contribution in [0.15, 0.2) is 24.5 Å². The van der Waals surface area contributed by atoms with Gasteiger partial charge in [0.1, 0.15) is 24.8 Å². The van der Waals surface area contributed by atoms with Gasteiger partial charge in [-0.25, -0.2) is 19.2 Å². The van der Waals surface area contributed by atoms with Gasteiger partial charge in [0.05, 0.1) is 18.3 Å². The van der Waals surface area contributed by atoms with Gasteiger partial charge in [0.25, 0.3) is 0 Å². The fourth-order valence-corrected chi connectivity index (χ4v) is 3.33. The number of nitrogens with zero attached hydrogens (tertiary/aromatic N) is 3. The van der Waals surface area contributed by atoms with Crippen molar-refractivity contribution in [1.82, 2.24) is 14.9 Å². The third-order valence-electron chi connectivity index (χ3n) is 5.32. The van der Waals surface area contributed by atoms with E-state index < -0.39 is 11.9 Å². The average molecular weight is 447 g/mol. The number of rotatable bonds is 9. The molecule has 1 aromatic carbocycles. The summed E-state index contributed by atoms with van der Waals surface area (Å²) in [7, 11) is 0. The third-order valence-corrected chi connectivity index (χ3v) is 5.32. The van der Waals surface area contributed by atoms with Gasteiger partial charge >= 0.3 is 6.09 Å². The summed E-state index contributed by atoms with van der Waals surface area (Å²) in [5.74, 6) is 0.342. The highest BCUT2D eigenvalue weighted by Gasteiger charge is 2.25. The summed E-state index contributed by atoms with van der Waals surface area (Å²) in [6.07, 6.45) is 3.88. The predicted molar refractivity (Wildman–Crippen MR) is 111 cm³/mol. The summed E-state index contributed by atoms with van der Waals surface area (Å²) in [6.45, 7) is 3.36. The van der Waals surface area contributed by atoms with Gasteiger partial charge in [-0.05, 0) is 31.9 Å². The zero-order chi connectivity index (χ0) is 22.5. The van der Waals surface area contributed by atoms with E-state index in [1.165, 1.54) is 23.4 Å². The fourth-order valence-electron chi connectivity index (χ4n) is 3.33. The lowest BCUT2D eigenvalue weighted by molar-refractivity contribution is 0.0864. The normalized spacial score (nSPS) is 16.6. The maximum absolute atomic E-state index is 14.5. The number of carboxylic acid groups (broad SMARTS) is 1. The average Bonchev–Trinajstić information content (AvgIpc) is 3.60. The van der Waals surface area contributed by atoms with Gasteiger partial charge in [0.2, 0.25) is 11.8 Å². The van der Waals surface area contributed by atoms with E-state index in [1.807, 2.05) is 0 Å². The molecule has 1 aliphatic carbocycles. The molecule has 1 saturated carbocycles. The lowest BCUT2D eigenvalue weighted by atomic mass is 10.1. The highest BCUT2D eigenvalue weighted by Crippen LogP contribution is 2.32. The molecular weight excluding hydrogens is 421 g/mol. The smallest absolute Gasteiger partial charge is 0.407 e. The van der Waals surface area contributed by atoms with E-state index in [2.05, 4.69) is 9.97 Å². The molecule has 0 bridgehead atoms. The molecule has 10 heteroatoms. The Kier molecular flexibility index (Phi) is 6.89. The quantitative estimate of drug-likeness (QED) is 0.579. The van der Waals surface area contributed by atoms with Crippen LogP contribution in [0.5, 0.6) is 23.3 Å². The molecule has 1 aliphatic heterocycles. The first kappa shape index (κ1) is 22.1. The Morgan fingerprint density at radius 3 is 2.56 bits per heavy atom. The molecule has 2 heterocycles. The second kappa shape index (κ2) is 9.99. The number of carbonyl (C=O) groups is 1. The Bertz CT molecular complexity index is 947. The SMILES string of the molecule is Cc1c(Oc2ccc(OCCOC3CC3)cc2F)ncnc1OC1CCN(C(=O)O)CC1. The molecule has 1 amide bonds. The minimum atomic E-state index is -0.928. The first-order chi connectivity index (χ1) is 15.5. The zero-order valence-corrected chi connectivity index (χ0v) is 17.8. The van der Waals surface area contributed by atoms with Crippen LogP contribution in [0.3, 0.4) is 0 Å². The number of hydrogen-bond acceptors (Lipinski definition) is 7. The Hall–Kier alpha value is -3.14. The van der Waals surface area contributed by atoms with Crippen LogP contribution < -0.4 is 14.2 Å². The fraction of sp³-hybridized carbons (Fsp3) is 0.500. The number of amides is 1. The van der Waals surface area contributed by atoms with Crippen molar-refractivity contribution in [1.29, 1.82) is 0 Å². The number of aromatic nitrogens is 2. The molecule has 1 N–H and O–H groups in total. The number of ether oxygens (including phenoxy) is 4. The predicted octanol–water partition coefficient (Wildman–Crippen LogP) is 3.80. The van der Waals surface area contributed by atoms with Crippen molar-refractivity contribution in [3.63, 3.8) is 0 Å². The Morgan fingerprint density at radius 1 is 1.12 bits per heavy atom. The van der Waals surface area contributed by atoms with Crippen molar-refractivity contribution < 1.29 is 33.2 Å². The van der Waals surface area contributed by atoms with Crippen molar-refractivity contribution in [2.45, 2.75) is 44.8 Å². The first-order valence-corrected chi connectivity index (χ1v) is 10.7. The van der Waals surface area contributed by atoms with Gasteiger partial charge in [0, 0.05) is 32.0 Å². The minimum Gasteiger partial charge on any atom is -0.491 e. The van der Waals surface area contributed by atoms with Crippen LogP contribution in [0.25, 0.3) is 0 Å². The number of benzene rings is 1. The monoisotopic (exact) mass is 447 g/mol. The van der Waals surface area contributed by atoms with Crippen LogP contribution in [0.2, 0.25) is 0 Å². The maximum atomic E-state index is 14.5. The van der Waals surface area contributed by atoms with Gasteiger partial charge in [-0.2, -0.15) is 0 Å². The van der Waals surface area contributed by atoms with Gasteiger partial charge < -0.3 is 29.0 Å². The third kappa shape index (κ3) is 5.76. The lowest BCUT2D eigenvalue weighted by Crippen LogP contribution is -2.41. The summed E-state index contributed by atoms with van der Waals surface area (Å²) in [5, 5.41) is 9.05. The molecule has 2 fully saturated rings. The maximum Gasteiger partial charge on any atom is 0.407 e. The van der Waals surface area contributed by atoms with Crippen molar-refractivity contribution in [2.24, 2.45) is 0 Å². The number of likely N-dealkylation sites (tertiary alicyclic amines) is 1. The van der Waals surface area contributed by atoms with Gasteiger partial charge in [-0.1, -0.05) is 0 Å². The van der Waals surface area contributed by atoms with Crippen LogP contribution in [-0.4, -0.2) is 64.6 Å². The molecule has 0 radical (unpaired) electrons. The second-order valence-corrected chi connectivity index (χ2v) is 7.81. The van der Waals surface area contributed by atoms with Crippen LogP contribution >= 0.6 is 0 Å². The molecule has 32 heavy (non-hydrogen) atoms. The summed E-state index contributed by atoms with van der Waals surface area (Å²) in [6, 6.07) is 4.37. The van der Waals surface area contributed by atoms with E-state index in [0.717, 1.165) is 12.8 Å². The van der Waals surface area contributed by atoms with Crippen LogP contribution in [0.1, 0.15) is 31.2 Å². The highest BCUT2D eigenvalue weighted by molar-refractivity contribution is 5.65. The van der Waals surface area contributed by atoms with Crippen LogP contribution in [0.4, 0.5) is 9.18 Å². The molecule has 0 atom stereocenters. The minimum absolute atomic E-state index is 0.00842. The van der Waals surface area contributed by atoms with Crippen molar-refractivity contribution >= 4 is 6.09 Å². The molecule has 0 spiro atoms. The molecule has 1 aromatic heterocycles. The van der Waals surface area contributed by atoms with Crippen molar-refractivity contribution in [3.8, 4) is 23.3 Å². The highest BCUT2D eigenvalue weighted by atomic mass is 19.1. The number of piperidine rings is 1. The van der Waals surface area contributed by atoms with E-state index in [0.29, 0.717) is 62.4 Å². The van der Waals surface area contributed by atoms with E-state index in [1.54, 1.807) is 13.0 Å². The number of hydrogen-bond donors (Lipinski definition) is 1. The standard InChI is InChI=1S/C22H26FN3O6/c1-14-20(31-16-6-8-26(9-7-16)22(27)28)24-13-25-21(14)32-19-5-4-17(12-18(19)23)30-11-10-29-15-2-3-15/h4-5,12-13,15-16H,2-3,6-11H2,1H3,(H,27,28). The summed E-state index contributed by atoms with van der Waals surface area (Å²) in [4.78, 5) is 20.6. The molecule has 0 unspecified atom stereocenters. The topological polar surface area (TPSA) is 103 Å². The van der Waals surface area contributed by atoms with Gasteiger partial charge in [-0.15, -0.1) is 0 Å². The van der Waals surface area contributed by atoms with E-state index in [9.17, 15) is 9.18 Å². The summed E-state index contributed by atoms with van der Waals surface area (Å²) < 4.78 is 37.2. The number of halogens is 1. The Morgan fingerprint density at radius 2 is 1.88 bits per heavy atom. The second-order valence-electron chi connectivity index (χ2n) is 7.81. The zero-order valence-electron chi connectivity index (χ0n) is 17.8. The molecular formula is C22H26FN3O6. The van der Waals surface area contributed by atoms with Crippen molar-refractivity contribution in [3.05, 3.63) is 35.9 Å². The van der Waals surface area contributed by atoms with E-state index in [-0.39, 0.29) is 17.7 Å². The largest absolute Gasteiger partial charge is 0.491 e. The Labute approximate surface area is 185 Å². The van der Waals surface area contributed by atoms with Crippen LogP contribution in [0, 0.1) is 12.7 Å². The lowest BCUT2D eigenvalue weighted by Gasteiger charge is -2.30. The van der Waals surface area contributed by atoms with E-state index >= 15 is 0 Å². The molecule has 2 aliphatic rings. The van der Waals surface area contributed by atoms with Crippen LogP contribution in [-0.2, 0) is 4.74 Å². The summed E-state index contributed by atoms with van der Waals surface area (Å²) in [5.41, 5.74) is 0.533.